The molecule has 168 valence electrons. The standard InChI is InChI=1S/C27H26N2O4/c1-32-20-14-10-18(11-15-20)28-26(30)24-22-8-3-4-9-23(22)27(31)29(19-12-13-19)25(24)17-6-5-7-21(16-17)33-2/h3-11,14-16,19,24-25H,12-13H2,1-2H3,(H,28,30)/t24-,25-/m0/s1. The number of nitrogens with zero attached hydrogens (tertiary/aromatic N) is 1. The number of amides is 2. The summed E-state index contributed by atoms with van der Waals surface area (Å²) in [5.41, 5.74) is 2.91. The van der Waals surface area contributed by atoms with Crippen molar-refractivity contribution in [2.75, 3.05) is 19.5 Å². The van der Waals surface area contributed by atoms with Crippen molar-refractivity contribution in [3.63, 3.8) is 0 Å². The summed E-state index contributed by atoms with van der Waals surface area (Å²) in [6.07, 6.45) is 1.89. The third kappa shape index (κ3) is 3.93. The molecule has 0 aromatic heterocycles. The Morgan fingerprint density at radius 3 is 2.33 bits per heavy atom. The first-order valence-electron chi connectivity index (χ1n) is 11.1. The minimum Gasteiger partial charge on any atom is -0.497 e. The molecule has 2 atom stereocenters. The first-order chi connectivity index (χ1) is 16.1. The Labute approximate surface area is 193 Å². The van der Waals surface area contributed by atoms with Crippen LogP contribution in [0.5, 0.6) is 11.5 Å². The molecule has 6 heteroatoms. The van der Waals surface area contributed by atoms with Crippen LogP contribution >= 0.6 is 0 Å². The monoisotopic (exact) mass is 442 g/mol. The molecule has 1 saturated carbocycles. The quantitative estimate of drug-likeness (QED) is 0.596. The maximum absolute atomic E-state index is 13.8. The highest BCUT2D eigenvalue weighted by molar-refractivity contribution is 6.04. The van der Waals surface area contributed by atoms with E-state index in [0.29, 0.717) is 17.0 Å². The fourth-order valence-electron chi connectivity index (χ4n) is 4.66. The predicted octanol–water partition coefficient (Wildman–Crippen LogP) is 4.79. The van der Waals surface area contributed by atoms with Crippen molar-refractivity contribution in [3.05, 3.63) is 89.5 Å². The topological polar surface area (TPSA) is 67.9 Å². The van der Waals surface area contributed by atoms with Crippen molar-refractivity contribution in [3.8, 4) is 11.5 Å². The molecular formula is C27H26N2O4. The normalized spacial score (nSPS) is 19.6. The van der Waals surface area contributed by atoms with Gasteiger partial charge in [0.25, 0.3) is 5.91 Å². The second-order valence-electron chi connectivity index (χ2n) is 8.45. The number of rotatable bonds is 6. The number of carbonyl (C=O) groups is 2. The van der Waals surface area contributed by atoms with Crippen molar-refractivity contribution in [1.29, 1.82) is 0 Å². The molecule has 0 bridgehead atoms. The van der Waals surface area contributed by atoms with Gasteiger partial charge in [0.1, 0.15) is 11.5 Å². The molecule has 1 N–H and O–H groups in total. The summed E-state index contributed by atoms with van der Waals surface area (Å²) in [5, 5.41) is 3.06. The van der Waals surface area contributed by atoms with Gasteiger partial charge in [0, 0.05) is 17.3 Å². The van der Waals surface area contributed by atoms with E-state index in [1.54, 1.807) is 14.2 Å². The van der Waals surface area contributed by atoms with Gasteiger partial charge in [-0.3, -0.25) is 9.59 Å². The smallest absolute Gasteiger partial charge is 0.254 e. The lowest BCUT2D eigenvalue weighted by atomic mass is 9.79. The van der Waals surface area contributed by atoms with Crippen molar-refractivity contribution < 1.29 is 19.1 Å². The summed E-state index contributed by atoms with van der Waals surface area (Å²) in [5.74, 6) is 0.682. The fourth-order valence-corrected chi connectivity index (χ4v) is 4.66. The third-order valence-corrected chi connectivity index (χ3v) is 6.39. The van der Waals surface area contributed by atoms with Gasteiger partial charge in [-0.25, -0.2) is 0 Å². The minimum atomic E-state index is -0.561. The first-order valence-corrected chi connectivity index (χ1v) is 11.1. The Morgan fingerprint density at radius 1 is 0.909 bits per heavy atom. The molecule has 0 radical (unpaired) electrons. The van der Waals surface area contributed by atoms with Gasteiger partial charge < -0.3 is 19.7 Å². The second kappa shape index (κ2) is 8.62. The Morgan fingerprint density at radius 2 is 1.64 bits per heavy atom. The van der Waals surface area contributed by atoms with Gasteiger partial charge in [0.05, 0.1) is 26.2 Å². The number of anilines is 1. The number of benzene rings is 3. The summed E-state index contributed by atoms with van der Waals surface area (Å²) in [6, 6.07) is 22.1. The lowest BCUT2D eigenvalue weighted by Crippen LogP contribution is -2.47. The summed E-state index contributed by atoms with van der Waals surface area (Å²) < 4.78 is 10.7. The molecular weight excluding hydrogens is 416 g/mol. The van der Waals surface area contributed by atoms with Gasteiger partial charge in [-0.05, 0) is 66.4 Å². The number of carbonyl (C=O) groups excluding carboxylic acids is 2. The predicted molar refractivity (Wildman–Crippen MR) is 126 cm³/mol. The average molecular weight is 443 g/mol. The van der Waals surface area contributed by atoms with Crippen LogP contribution in [-0.2, 0) is 4.79 Å². The molecule has 5 rings (SSSR count). The molecule has 0 saturated heterocycles. The zero-order valence-corrected chi connectivity index (χ0v) is 18.7. The zero-order chi connectivity index (χ0) is 22.9. The van der Waals surface area contributed by atoms with E-state index in [1.807, 2.05) is 77.7 Å². The van der Waals surface area contributed by atoms with E-state index in [9.17, 15) is 9.59 Å². The molecule has 3 aromatic carbocycles. The van der Waals surface area contributed by atoms with E-state index < -0.39 is 12.0 Å². The van der Waals surface area contributed by atoms with Gasteiger partial charge >= 0.3 is 0 Å². The minimum absolute atomic E-state index is 0.0191. The van der Waals surface area contributed by atoms with Crippen molar-refractivity contribution in [2.45, 2.75) is 30.8 Å². The van der Waals surface area contributed by atoms with Crippen molar-refractivity contribution >= 4 is 17.5 Å². The summed E-state index contributed by atoms with van der Waals surface area (Å²) in [4.78, 5) is 29.3. The molecule has 2 aliphatic rings. The lowest BCUT2D eigenvalue weighted by molar-refractivity contribution is -0.119. The summed E-state index contributed by atoms with van der Waals surface area (Å²) in [6.45, 7) is 0. The van der Waals surface area contributed by atoms with Crippen LogP contribution < -0.4 is 14.8 Å². The van der Waals surface area contributed by atoms with Crippen LogP contribution in [0.3, 0.4) is 0 Å². The van der Waals surface area contributed by atoms with E-state index in [0.717, 1.165) is 29.7 Å². The Bertz CT molecular complexity index is 1190. The van der Waals surface area contributed by atoms with E-state index in [-0.39, 0.29) is 17.9 Å². The van der Waals surface area contributed by atoms with Gasteiger partial charge in [0.2, 0.25) is 5.91 Å². The molecule has 1 aliphatic heterocycles. The molecule has 1 aliphatic carbocycles. The zero-order valence-electron chi connectivity index (χ0n) is 18.7. The molecule has 1 fully saturated rings. The van der Waals surface area contributed by atoms with E-state index in [1.165, 1.54) is 0 Å². The molecule has 6 nitrogen and oxygen atoms in total. The fraction of sp³-hybridized carbons (Fsp3) is 0.259. The average Bonchev–Trinajstić information content (AvgIpc) is 3.69. The van der Waals surface area contributed by atoms with Gasteiger partial charge in [-0.15, -0.1) is 0 Å². The second-order valence-corrected chi connectivity index (χ2v) is 8.45. The molecule has 0 unspecified atom stereocenters. The highest BCUT2D eigenvalue weighted by Crippen LogP contribution is 2.48. The van der Waals surface area contributed by atoms with Crippen LogP contribution in [0.4, 0.5) is 5.69 Å². The van der Waals surface area contributed by atoms with E-state index >= 15 is 0 Å². The maximum atomic E-state index is 13.8. The highest BCUT2D eigenvalue weighted by Gasteiger charge is 2.49. The Hall–Kier alpha value is -3.80. The number of ether oxygens (including phenoxy) is 2. The van der Waals surface area contributed by atoms with Crippen LogP contribution in [0.25, 0.3) is 0 Å². The molecule has 0 spiro atoms. The first kappa shape index (κ1) is 21.1. The van der Waals surface area contributed by atoms with E-state index in [2.05, 4.69) is 5.32 Å². The number of methoxy groups -OCH3 is 2. The third-order valence-electron chi connectivity index (χ3n) is 6.39. The van der Waals surface area contributed by atoms with Crippen LogP contribution in [0.2, 0.25) is 0 Å². The molecule has 2 amide bonds. The Kier molecular flexibility index (Phi) is 5.50. The van der Waals surface area contributed by atoms with Crippen LogP contribution in [0.1, 0.15) is 46.3 Å². The van der Waals surface area contributed by atoms with Crippen molar-refractivity contribution in [1.82, 2.24) is 4.90 Å². The number of nitrogens with one attached hydrogen (secondary N) is 1. The molecule has 33 heavy (non-hydrogen) atoms. The molecule has 3 aromatic rings. The highest BCUT2D eigenvalue weighted by atomic mass is 16.5. The largest absolute Gasteiger partial charge is 0.497 e. The summed E-state index contributed by atoms with van der Waals surface area (Å²) >= 11 is 0. The van der Waals surface area contributed by atoms with Gasteiger partial charge in [-0.1, -0.05) is 30.3 Å². The number of hydrogen-bond donors (Lipinski definition) is 1. The van der Waals surface area contributed by atoms with Crippen LogP contribution in [-0.4, -0.2) is 37.0 Å². The summed E-state index contributed by atoms with van der Waals surface area (Å²) in [7, 11) is 3.22. The maximum Gasteiger partial charge on any atom is 0.254 e. The lowest BCUT2D eigenvalue weighted by Gasteiger charge is -2.42. The van der Waals surface area contributed by atoms with Crippen LogP contribution in [0, 0.1) is 0 Å². The Balaban J connectivity index is 1.60. The van der Waals surface area contributed by atoms with E-state index in [4.69, 9.17) is 9.47 Å². The van der Waals surface area contributed by atoms with Crippen LogP contribution in [0.15, 0.2) is 72.8 Å². The number of hydrogen-bond acceptors (Lipinski definition) is 4. The van der Waals surface area contributed by atoms with Gasteiger partial charge in [-0.2, -0.15) is 0 Å². The molecule has 1 heterocycles. The number of fused-ring (bicyclic) bond motifs is 1. The SMILES string of the molecule is COc1ccc(NC(=O)[C@H]2c3ccccc3C(=O)N(C3CC3)[C@H]2c2cccc(OC)c2)cc1. The van der Waals surface area contributed by atoms with Crippen molar-refractivity contribution in [2.24, 2.45) is 0 Å². The van der Waals surface area contributed by atoms with Gasteiger partial charge in [0.15, 0.2) is 0 Å².